The lowest BCUT2D eigenvalue weighted by atomic mass is 10.1. The van der Waals surface area contributed by atoms with Crippen molar-refractivity contribution in [1.82, 2.24) is 10.2 Å². The van der Waals surface area contributed by atoms with Crippen LogP contribution in [-0.4, -0.2) is 50.0 Å². The van der Waals surface area contributed by atoms with E-state index in [4.69, 9.17) is 0 Å². The SMILES string of the molecule is Cc1ccc(N(CC(=O)N(Cc2cccc(Br)c2)[C@H](C)C(=O)NC(C)C)S(C)(=O)=O)c(C)c1. The predicted molar refractivity (Wildman–Crippen MR) is 136 cm³/mol. The second kappa shape index (κ2) is 11.2. The summed E-state index contributed by atoms with van der Waals surface area (Å²) in [5.74, 6) is -0.766. The van der Waals surface area contributed by atoms with Gasteiger partial charge < -0.3 is 10.2 Å². The third kappa shape index (κ3) is 7.57. The van der Waals surface area contributed by atoms with Gasteiger partial charge in [-0.05, 0) is 63.9 Å². The van der Waals surface area contributed by atoms with Gasteiger partial charge in [0.15, 0.2) is 0 Å². The van der Waals surface area contributed by atoms with Crippen LogP contribution in [0.2, 0.25) is 0 Å². The summed E-state index contributed by atoms with van der Waals surface area (Å²) in [6.45, 7) is 8.82. The van der Waals surface area contributed by atoms with Crippen molar-refractivity contribution < 1.29 is 18.0 Å². The molecule has 0 heterocycles. The van der Waals surface area contributed by atoms with Crippen LogP contribution in [-0.2, 0) is 26.2 Å². The minimum atomic E-state index is -3.75. The number of anilines is 1. The summed E-state index contributed by atoms with van der Waals surface area (Å²) in [5, 5.41) is 2.83. The zero-order chi connectivity index (χ0) is 24.9. The molecule has 9 heteroatoms. The van der Waals surface area contributed by atoms with E-state index < -0.39 is 28.5 Å². The molecule has 180 valence electrons. The first kappa shape index (κ1) is 26.9. The lowest BCUT2D eigenvalue weighted by Gasteiger charge is -2.32. The fourth-order valence-corrected chi connectivity index (χ4v) is 4.85. The summed E-state index contributed by atoms with van der Waals surface area (Å²) >= 11 is 3.43. The van der Waals surface area contributed by atoms with Crippen molar-refractivity contribution in [2.45, 2.75) is 53.2 Å². The minimum absolute atomic E-state index is 0.0921. The highest BCUT2D eigenvalue weighted by Crippen LogP contribution is 2.24. The molecule has 33 heavy (non-hydrogen) atoms. The van der Waals surface area contributed by atoms with Crippen LogP contribution in [0.25, 0.3) is 0 Å². The lowest BCUT2D eigenvalue weighted by molar-refractivity contribution is -0.139. The molecule has 0 spiro atoms. The molecular formula is C24H32BrN3O4S. The molecule has 0 bridgehead atoms. The second-order valence-corrected chi connectivity index (χ2v) is 11.4. The molecule has 0 saturated carbocycles. The van der Waals surface area contributed by atoms with Crippen LogP contribution in [0.15, 0.2) is 46.9 Å². The maximum absolute atomic E-state index is 13.5. The average molecular weight is 539 g/mol. The number of benzene rings is 2. The van der Waals surface area contributed by atoms with E-state index in [-0.39, 0.29) is 18.5 Å². The Balaban J connectivity index is 2.42. The molecule has 0 aliphatic carbocycles. The molecule has 0 aromatic heterocycles. The normalized spacial score (nSPS) is 12.4. The van der Waals surface area contributed by atoms with Crippen LogP contribution in [0.5, 0.6) is 0 Å². The van der Waals surface area contributed by atoms with Gasteiger partial charge >= 0.3 is 0 Å². The number of amides is 2. The molecule has 7 nitrogen and oxygen atoms in total. The summed E-state index contributed by atoms with van der Waals surface area (Å²) in [6.07, 6.45) is 1.08. The molecule has 1 N–H and O–H groups in total. The van der Waals surface area contributed by atoms with Crippen molar-refractivity contribution in [3.63, 3.8) is 0 Å². The van der Waals surface area contributed by atoms with Gasteiger partial charge in [0.1, 0.15) is 12.6 Å². The van der Waals surface area contributed by atoms with E-state index in [0.717, 1.165) is 31.7 Å². The number of carbonyl (C=O) groups is 2. The molecule has 2 aromatic rings. The zero-order valence-electron chi connectivity index (χ0n) is 19.9. The third-order valence-corrected chi connectivity index (χ3v) is 6.76. The number of aryl methyl sites for hydroxylation is 2. The monoisotopic (exact) mass is 537 g/mol. The highest BCUT2D eigenvalue weighted by molar-refractivity contribution is 9.10. The number of halogens is 1. The number of nitrogens with one attached hydrogen (secondary N) is 1. The largest absolute Gasteiger partial charge is 0.352 e. The Morgan fingerprint density at radius 2 is 1.73 bits per heavy atom. The van der Waals surface area contributed by atoms with Crippen molar-refractivity contribution in [1.29, 1.82) is 0 Å². The molecule has 0 aliphatic rings. The number of nitrogens with zero attached hydrogens (tertiary/aromatic N) is 2. The molecule has 1 atom stereocenters. The molecule has 0 radical (unpaired) electrons. The number of hydrogen-bond acceptors (Lipinski definition) is 4. The Hall–Kier alpha value is -2.39. The maximum atomic E-state index is 13.5. The highest BCUT2D eigenvalue weighted by atomic mass is 79.9. The van der Waals surface area contributed by atoms with Gasteiger partial charge in [0.2, 0.25) is 21.8 Å². The van der Waals surface area contributed by atoms with E-state index in [1.807, 2.05) is 64.1 Å². The topological polar surface area (TPSA) is 86.8 Å². The van der Waals surface area contributed by atoms with Gasteiger partial charge in [0.05, 0.1) is 11.9 Å². The Morgan fingerprint density at radius 3 is 2.27 bits per heavy atom. The number of carbonyl (C=O) groups excluding carboxylic acids is 2. The molecule has 2 rings (SSSR count). The van der Waals surface area contributed by atoms with E-state index in [1.165, 1.54) is 4.90 Å². The predicted octanol–water partition coefficient (Wildman–Crippen LogP) is 3.77. The van der Waals surface area contributed by atoms with Crippen LogP contribution in [0.1, 0.15) is 37.5 Å². The van der Waals surface area contributed by atoms with Gasteiger partial charge in [-0.3, -0.25) is 13.9 Å². The maximum Gasteiger partial charge on any atom is 0.244 e. The lowest BCUT2D eigenvalue weighted by Crippen LogP contribution is -2.52. The number of sulfonamides is 1. The summed E-state index contributed by atoms with van der Waals surface area (Å²) < 4.78 is 27.2. The van der Waals surface area contributed by atoms with Crippen LogP contribution < -0.4 is 9.62 Å². The van der Waals surface area contributed by atoms with Crippen LogP contribution in [0, 0.1) is 13.8 Å². The Bertz CT molecular complexity index is 1120. The molecule has 0 saturated heterocycles. The van der Waals surface area contributed by atoms with Gasteiger partial charge in [0.25, 0.3) is 0 Å². The summed E-state index contributed by atoms with van der Waals surface area (Å²) in [4.78, 5) is 27.7. The first-order valence-corrected chi connectivity index (χ1v) is 13.3. The van der Waals surface area contributed by atoms with Crippen LogP contribution in [0.4, 0.5) is 5.69 Å². The van der Waals surface area contributed by atoms with Crippen LogP contribution in [0.3, 0.4) is 0 Å². The summed E-state index contributed by atoms with van der Waals surface area (Å²) in [5.41, 5.74) is 3.00. The van der Waals surface area contributed by atoms with Crippen molar-refractivity contribution >= 4 is 43.5 Å². The van der Waals surface area contributed by atoms with Gasteiger partial charge in [-0.15, -0.1) is 0 Å². The van der Waals surface area contributed by atoms with Crippen molar-refractivity contribution in [3.05, 3.63) is 63.6 Å². The molecule has 2 aromatic carbocycles. The molecule has 0 fully saturated rings. The van der Waals surface area contributed by atoms with Crippen molar-refractivity contribution in [3.8, 4) is 0 Å². The molecule has 0 unspecified atom stereocenters. The van der Waals surface area contributed by atoms with Gasteiger partial charge in [-0.25, -0.2) is 8.42 Å². The molecule has 0 aliphatic heterocycles. The quantitative estimate of drug-likeness (QED) is 0.527. The smallest absolute Gasteiger partial charge is 0.244 e. The van der Waals surface area contributed by atoms with Crippen molar-refractivity contribution in [2.24, 2.45) is 0 Å². The minimum Gasteiger partial charge on any atom is -0.352 e. The van der Waals surface area contributed by atoms with E-state index in [9.17, 15) is 18.0 Å². The summed E-state index contributed by atoms with van der Waals surface area (Å²) in [6, 6.07) is 11.9. The Kier molecular flexibility index (Phi) is 9.08. The van der Waals surface area contributed by atoms with E-state index in [0.29, 0.717) is 5.69 Å². The first-order chi connectivity index (χ1) is 15.3. The van der Waals surface area contributed by atoms with E-state index >= 15 is 0 Å². The van der Waals surface area contributed by atoms with Gasteiger partial charge in [-0.2, -0.15) is 0 Å². The van der Waals surface area contributed by atoms with Gasteiger partial charge in [0, 0.05) is 17.1 Å². The standard InChI is InChI=1S/C24H32BrN3O4S/c1-16(2)26-24(30)19(5)27(14-20-8-7-9-21(25)13-20)23(29)15-28(33(6,31)32)22-11-10-17(3)12-18(22)4/h7-13,16,19H,14-15H2,1-6H3,(H,26,30)/t19-/m1/s1. The third-order valence-electron chi connectivity index (χ3n) is 5.14. The summed E-state index contributed by atoms with van der Waals surface area (Å²) in [7, 11) is -3.75. The Morgan fingerprint density at radius 1 is 1.06 bits per heavy atom. The van der Waals surface area contributed by atoms with Crippen molar-refractivity contribution in [2.75, 3.05) is 17.1 Å². The van der Waals surface area contributed by atoms with E-state index in [2.05, 4.69) is 21.2 Å². The molecular weight excluding hydrogens is 506 g/mol. The molecule has 2 amide bonds. The average Bonchev–Trinajstić information content (AvgIpc) is 2.69. The second-order valence-electron chi connectivity index (χ2n) is 8.55. The van der Waals surface area contributed by atoms with E-state index in [1.54, 1.807) is 13.0 Å². The highest BCUT2D eigenvalue weighted by Gasteiger charge is 2.30. The van der Waals surface area contributed by atoms with Gasteiger partial charge in [-0.1, -0.05) is 45.8 Å². The number of hydrogen-bond donors (Lipinski definition) is 1. The van der Waals surface area contributed by atoms with Crippen LogP contribution >= 0.6 is 15.9 Å². The number of rotatable bonds is 9. The Labute approximate surface area is 205 Å². The fraction of sp³-hybridized carbons (Fsp3) is 0.417. The zero-order valence-corrected chi connectivity index (χ0v) is 22.3. The fourth-order valence-electron chi connectivity index (χ4n) is 3.50. The first-order valence-electron chi connectivity index (χ1n) is 10.7.